The van der Waals surface area contributed by atoms with Crippen molar-refractivity contribution < 1.29 is 0 Å². The van der Waals surface area contributed by atoms with Crippen molar-refractivity contribution in [3.63, 3.8) is 0 Å². The van der Waals surface area contributed by atoms with Gasteiger partial charge >= 0.3 is 0 Å². The molecule has 0 aliphatic heterocycles. The van der Waals surface area contributed by atoms with Gasteiger partial charge in [0.1, 0.15) is 0 Å². The fourth-order valence-electron chi connectivity index (χ4n) is 3.71. The maximum atomic E-state index is 3.80. The molecule has 19 heavy (non-hydrogen) atoms. The third kappa shape index (κ3) is 4.75. The van der Waals surface area contributed by atoms with Crippen LogP contribution in [0.25, 0.3) is 0 Å². The van der Waals surface area contributed by atoms with Crippen molar-refractivity contribution in [3.8, 4) is 0 Å². The van der Waals surface area contributed by atoms with Crippen LogP contribution in [-0.4, -0.2) is 37.1 Å². The number of nitrogens with zero attached hydrogens (tertiary/aromatic N) is 1. The van der Waals surface area contributed by atoms with Crippen molar-refractivity contribution in [2.45, 2.75) is 77.8 Å². The molecule has 0 saturated heterocycles. The fraction of sp³-hybridized carbons (Fsp3) is 1.00. The third-order valence-electron chi connectivity index (χ3n) is 5.16. The van der Waals surface area contributed by atoms with Gasteiger partial charge in [-0.25, -0.2) is 0 Å². The summed E-state index contributed by atoms with van der Waals surface area (Å²) >= 11 is 0. The number of nitrogens with one attached hydrogen (secondary N) is 1. The van der Waals surface area contributed by atoms with E-state index in [1.165, 1.54) is 58.0 Å². The van der Waals surface area contributed by atoms with E-state index in [4.69, 9.17) is 0 Å². The van der Waals surface area contributed by atoms with Gasteiger partial charge in [-0.2, -0.15) is 0 Å². The molecule has 0 aromatic heterocycles. The largest absolute Gasteiger partial charge is 0.313 e. The molecule has 0 bridgehead atoms. The Morgan fingerprint density at radius 3 is 2.32 bits per heavy atom. The first kappa shape index (κ1) is 15.3. The molecule has 1 atom stereocenters. The predicted molar refractivity (Wildman–Crippen MR) is 83.5 cm³/mol. The highest BCUT2D eigenvalue weighted by Gasteiger charge is 2.37. The lowest BCUT2D eigenvalue weighted by Crippen LogP contribution is -2.44. The summed E-state index contributed by atoms with van der Waals surface area (Å²) in [4.78, 5) is 2.62. The second-order valence-electron chi connectivity index (χ2n) is 7.76. The van der Waals surface area contributed by atoms with Crippen molar-refractivity contribution in [2.24, 2.45) is 11.3 Å². The topological polar surface area (TPSA) is 15.3 Å². The van der Waals surface area contributed by atoms with E-state index in [9.17, 15) is 0 Å². The lowest BCUT2D eigenvalue weighted by molar-refractivity contribution is 0.130. The molecule has 0 radical (unpaired) electrons. The molecule has 2 heteroatoms. The van der Waals surface area contributed by atoms with E-state index in [1.54, 1.807) is 0 Å². The van der Waals surface area contributed by atoms with Gasteiger partial charge in [-0.3, -0.25) is 0 Å². The Balaban J connectivity index is 1.84. The monoisotopic (exact) mass is 266 g/mol. The Morgan fingerprint density at radius 2 is 1.79 bits per heavy atom. The number of hydrogen-bond acceptors (Lipinski definition) is 2. The number of hydrogen-bond donors (Lipinski definition) is 1. The quantitative estimate of drug-likeness (QED) is 0.721. The molecule has 2 fully saturated rings. The van der Waals surface area contributed by atoms with E-state index in [1.807, 2.05) is 0 Å². The standard InChI is InChI=1S/C17H34N2/c1-14(2)11-15(3)19(4)13-17(9-5-6-10-17)12-18-16-7-8-16/h14-16,18H,5-13H2,1-4H3. The van der Waals surface area contributed by atoms with Gasteiger partial charge in [0.15, 0.2) is 0 Å². The highest BCUT2D eigenvalue weighted by Crippen LogP contribution is 2.39. The first-order chi connectivity index (χ1) is 9.01. The zero-order chi connectivity index (χ0) is 13.9. The normalized spacial score (nSPS) is 24.3. The summed E-state index contributed by atoms with van der Waals surface area (Å²) in [6.07, 6.45) is 9.91. The van der Waals surface area contributed by atoms with Gasteiger partial charge in [0.05, 0.1) is 0 Å². The van der Waals surface area contributed by atoms with E-state index in [2.05, 4.69) is 38.0 Å². The van der Waals surface area contributed by atoms with Crippen LogP contribution in [-0.2, 0) is 0 Å². The van der Waals surface area contributed by atoms with Gasteiger partial charge in [-0.05, 0) is 57.4 Å². The highest BCUT2D eigenvalue weighted by atomic mass is 15.1. The van der Waals surface area contributed by atoms with Crippen LogP contribution in [0.2, 0.25) is 0 Å². The second kappa shape index (κ2) is 6.58. The van der Waals surface area contributed by atoms with Gasteiger partial charge in [0, 0.05) is 25.2 Å². The van der Waals surface area contributed by atoms with E-state index in [-0.39, 0.29) is 0 Å². The summed E-state index contributed by atoms with van der Waals surface area (Å²) in [5.41, 5.74) is 0.572. The SMILES string of the molecule is CC(C)CC(C)N(C)CC1(CNC2CC2)CCCC1. The maximum Gasteiger partial charge on any atom is 0.00684 e. The second-order valence-corrected chi connectivity index (χ2v) is 7.76. The van der Waals surface area contributed by atoms with Gasteiger partial charge in [0.2, 0.25) is 0 Å². The molecule has 1 N–H and O–H groups in total. The average Bonchev–Trinajstić information content (AvgIpc) is 3.06. The summed E-state index contributed by atoms with van der Waals surface area (Å²) in [7, 11) is 2.34. The molecule has 112 valence electrons. The molecule has 2 rings (SSSR count). The lowest BCUT2D eigenvalue weighted by Gasteiger charge is -2.37. The molecule has 1 unspecified atom stereocenters. The molecule has 2 nitrogen and oxygen atoms in total. The average molecular weight is 266 g/mol. The maximum absolute atomic E-state index is 3.80. The molecule has 2 aliphatic rings. The molecular formula is C17H34N2. The van der Waals surface area contributed by atoms with E-state index in [0.717, 1.165) is 18.0 Å². The molecule has 0 spiro atoms. The zero-order valence-electron chi connectivity index (χ0n) is 13.5. The molecule has 0 aromatic rings. The van der Waals surface area contributed by atoms with Crippen LogP contribution in [0.3, 0.4) is 0 Å². The van der Waals surface area contributed by atoms with Crippen molar-refractivity contribution in [1.29, 1.82) is 0 Å². The Hall–Kier alpha value is -0.0800. The Morgan fingerprint density at radius 1 is 1.16 bits per heavy atom. The van der Waals surface area contributed by atoms with Crippen molar-refractivity contribution >= 4 is 0 Å². The fourth-order valence-corrected chi connectivity index (χ4v) is 3.71. The van der Waals surface area contributed by atoms with E-state index in [0.29, 0.717) is 5.41 Å². The Labute approximate surface area is 120 Å². The smallest absolute Gasteiger partial charge is 0.00684 e. The third-order valence-corrected chi connectivity index (χ3v) is 5.16. The summed E-state index contributed by atoms with van der Waals surface area (Å²) in [6, 6.07) is 1.58. The van der Waals surface area contributed by atoms with Gasteiger partial charge in [0.25, 0.3) is 0 Å². The minimum atomic E-state index is 0.572. The Kier molecular flexibility index (Phi) is 5.30. The van der Waals surface area contributed by atoms with Crippen molar-refractivity contribution in [2.75, 3.05) is 20.1 Å². The van der Waals surface area contributed by atoms with Crippen molar-refractivity contribution in [1.82, 2.24) is 10.2 Å². The lowest BCUT2D eigenvalue weighted by atomic mass is 9.84. The van der Waals surface area contributed by atoms with Crippen LogP contribution < -0.4 is 5.32 Å². The zero-order valence-corrected chi connectivity index (χ0v) is 13.5. The molecule has 2 saturated carbocycles. The minimum Gasteiger partial charge on any atom is -0.313 e. The first-order valence-electron chi connectivity index (χ1n) is 8.44. The van der Waals surface area contributed by atoms with Crippen LogP contribution in [0.1, 0.15) is 65.7 Å². The van der Waals surface area contributed by atoms with Crippen molar-refractivity contribution in [3.05, 3.63) is 0 Å². The van der Waals surface area contributed by atoms with Crippen LogP contribution in [0.4, 0.5) is 0 Å². The summed E-state index contributed by atoms with van der Waals surface area (Å²) in [5, 5.41) is 3.80. The van der Waals surface area contributed by atoms with Crippen LogP contribution in [0, 0.1) is 11.3 Å². The summed E-state index contributed by atoms with van der Waals surface area (Å²) < 4.78 is 0. The molecule has 0 amide bonds. The summed E-state index contributed by atoms with van der Waals surface area (Å²) in [5.74, 6) is 0.807. The minimum absolute atomic E-state index is 0.572. The van der Waals surface area contributed by atoms with Crippen LogP contribution in [0.5, 0.6) is 0 Å². The van der Waals surface area contributed by atoms with Gasteiger partial charge < -0.3 is 10.2 Å². The van der Waals surface area contributed by atoms with Crippen LogP contribution in [0.15, 0.2) is 0 Å². The Bertz CT molecular complexity index is 264. The highest BCUT2D eigenvalue weighted by molar-refractivity contribution is 4.92. The van der Waals surface area contributed by atoms with Gasteiger partial charge in [-0.1, -0.05) is 26.7 Å². The first-order valence-corrected chi connectivity index (χ1v) is 8.44. The molecule has 0 heterocycles. The van der Waals surface area contributed by atoms with Gasteiger partial charge in [-0.15, -0.1) is 0 Å². The van der Waals surface area contributed by atoms with E-state index < -0.39 is 0 Å². The summed E-state index contributed by atoms with van der Waals surface area (Å²) in [6.45, 7) is 9.63. The van der Waals surface area contributed by atoms with E-state index >= 15 is 0 Å². The molecule has 0 aromatic carbocycles. The van der Waals surface area contributed by atoms with Crippen LogP contribution >= 0.6 is 0 Å². The molecule has 2 aliphatic carbocycles. The number of rotatable bonds is 8. The molecular weight excluding hydrogens is 232 g/mol. The predicted octanol–water partition coefficient (Wildman–Crippen LogP) is 3.67.